The molecule has 0 bridgehead atoms. The number of carbonyl (C=O) groups excluding carboxylic acids is 1. The number of furan rings is 1. The third kappa shape index (κ3) is 3.83. The molecule has 122 valence electrons. The molecule has 0 saturated carbocycles. The van der Waals surface area contributed by atoms with Crippen molar-refractivity contribution in [3.63, 3.8) is 0 Å². The highest BCUT2D eigenvalue weighted by Gasteiger charge is 2.15. The van der Waals surface area contributed by atoms with E-state index in [1.807, 2.05) is 30.3 Å². The molecule has 0 radical (unpaired) electrons. The van der Waals surface area contributed by atoms with Gasteiger partial charge >= 0.3 is 0 Å². The zero-order valence-electron chi connectivity index (χ0n) is 13.1. The molecule has 1 aliphatic rings. The van der Waals surface area contributed by atoms with E-state index < -0.39 is 5.91 Å². The number of morpholine rings is 1. The minimum absolute atomic E-state index is 0.0123. The van der Waals surface area contributed by atoms with E-state index in [0.717, 1.165) is 13.1 Å². The van der Waals surface area contributed by atoms with E-state index in [-0.39, 0.29) is 5.57 Å². The maximum absolute atomic E-state index is 12.2. The van der Waals surface area contributed by atoms with E-state index in [1.54, 1.807) is 18.2 Å². The smallest absolute Gasteiger partial charge is 0.266 e. The first-order valence-corrected chi connectivity index (χ1v) is 7.67. The van der Waals surface area contributed by atoms with Gasteiger partial charge in [0, 0.05) is 30.9 Å². The van der Waals surface area contributed by atoms with Gasteiger partial charge in [0.05, 0.1) is 13.2 Å². The van der Waals surface area contributed by atoms with Crippen molar-refractivity contribution >= 4 is 23.6 Å². The van der Waals surface area contributed by atoms with Crippen LogP contribution < -0.4 is 10.2 Å². The highest BCUT2D eigenvalue weighted by Crippen LogP contribution is 2.21. The van der Waals surface area contributed by atoms with Gasteiger partial charge in [0.25, 0.3) is 5.91 Å². The number of carbonyl (C=O) groups is 1. The number of nitrogens with zero attached hydrogens (tertiary/aromatic N) is 2. The van der Waals surface area contributed by atoms with Crippen LogP contribution in [0.2, 0.25) is 0 Å². The Morgan fingerprint density at radius 3 is 2.62 bits per heavy atom. The Kier molecular flexibility index (Phi) is 4.94. The Bertz CT molecular complexity index is 768. The molecular weight excluding hydrogens is 306 g/mol. The third-order valence-corrected chi connectivity index (χ3v) is 3.62. The second-order valence-corrected chi connectivity index (χ2v) is 5.27. The van der Waals surface area contributed by atoms with E-state index in [2.05, 4.69) is 10.2 Å². The Morgan fingerprint density at radius 2 is 1.92 bits per heavy atom. The van der Waals surface area contributed by atoms with Crippen LogP contribution in [0.5, 0.6) is 0 Å². The molecule has 1 N–H and O–H groups in total. The standard InChI is InChI=1S/C18H17N3O3/c19-13-14(18(22)20-15-4-2-1-3-5-15)12-16-6-7-17(24-16)21-8-10-23-11-9-21/h1-7,12H,8-11H2,(H,20,22)/b14-12-. The van der Waals surface area contributed by atoms with Gasteiger partial charge in [0.15, 0.2) is 5.88 Å². The molecule has 0 atom stereocenters. The molecule has 1 saturated heterocycles. The van der Waals surface area contributed by atoms with Crippen LogP contribution in [0.4, 0.5) is 11.6 Å². The lowest BCUT2D eigenvalue weighted by atomic mass is 10.2. The maximum Gasteiger partial charge on any atom is 0.266 e. The van der Waals surface area contributed by atoms with Crippen molar-refractivity contribution in [2.45, 2.75) is 0 Å². The molecule has 0 unspecified atom stereocenters. The minimum atomic E-state index is -0.465. The summed E-state index contributed by atoms with van der Waals surface area (Å²) in [6.45, 7) is 2.84. The molecule has 0 aliphatic carbocycles. The van der Waals surface area contributed by atoms with Gasteiger partial charge < -0.3 is 19.4 Å². The second-order valence-electron chi connectivity index (χ2n) is 5.27. The van der Waals surface area contributed by atoms with Gasteiger partial charge in [-0.15, -0.1) is 0 Å². The fraction of sp³-hybridized carbons (Fsp3) is 0.222. The molecule has 6 heteroatoms. The van der Waals surface area contributed by atoms with Crippen LogP contribution >= 0.6 is 0 Å². The van der Waals surface area contributed by atoms with Crippen LogP contribution in [0, 0.1) is 11.3 Å². The van der Waals surface area contributed by atoms with Gasteiger partial charge in [-0.1, -0.05) is 18.2 Å². The first-order valence-electron chi connectivity index (χ1n) is 7.67. The first kappa shape index (κ1) is 15.8. The van der Waals surface area contributed by atoms with Gasteiger partial charge in [-0.05, 0) is 18.2 Å². The summed E-state index contributed by atoms with van der Waals surface area (Å²) in [5.41, 5.74) is 0.624. The Labute approximate surface area is 139 Å². The van der Waals surface area contributed by atoms with E-state index in [1.165, 1.54) is 6.08 Å². The lowest BCUT2D eigenvalue weighted by Gasteiger charge is -2.26. The molecule has 2 aromatic rings. The van der Waals surface area contributed by atoms with Crippen LogP contribution in [-0.4, -0.2) is 32.2 Å². The number of nitriles is 1. The molecule has 24 heavy (non-hydrogen) atoms. The molecule has 1 amide bonds. The molecule has 3 rings (SSSR count). The summed E-state index contributed by atoms with van der Waals surface area (Å²) < 4.78 is 11.0. The predicted molar refractivity (Wildman–Crippen MR) is 90.4 cm³/mol. The minimum Gasteiger partial charge on any atom is -0.441 e. The Morgan fingerprint density at radius 1 is 1.17 bits per heavy atom. The number of amides is 1. The number of anilines is 2. The molecule has 1 aromatic carbocycles. The zero-order valence-corrected chi connectivity index (χ0v) is 13.1. The summed E-state index contributed by atoms with van der Waals surface area (Å²) in [6.07, 6.45) is 1.45. The maximum atomic E-state index is 12.2. The third-order valence-electron chi connectivity index (χ3n) is 3.62. The highest BCUT2D eigenvalue weighted by molar-refractivity contribution is 6.09. The van der Waals surface area contributed by atoms with E-state index in [9.17, 15) is 10.1 Å². The molecule has 6 nitrogen and oxygen atoms in total. The molecule has 0 spiro atoms. The highest BCUT2D eigenvalue weighted by atomic mass is 16.5. The Balaban J connectivity index is 1.72. The van der Waals surface area contributed by atoms with Crippen LogP contribution in [0.25, 0.3) is 6.08 Å². The fourth-order valence-corrected chi connectivity index (χ4v) is 2.38. The molecule has 1 aliphatic heterocycles. The molecule has 2 heterocycles. The van der Waals surface area contributed by atoms with Crippen LogP contribution in [0.3, 0.4) is 0 Å². The van der Waals surface area contributed by atoms with Crippen LogP contribution in [-0.2, 0) is 9.53 Å². The summed E-state index contributed by atoms with van der Waals surface area (Å²) in [5.74, 6) is 0.717. The largest absolute Gasteiger partial charge is 0.441 e. The van der Waals surface area contributed by atoms with Gasteiger partial charge in [-0.3, -0.25) is 4.79 Å². The normalized spacial score (nSPS) is 15.0. The average molecular weight is 323 g/mol. The quantitative estimate of drug-likeness (QED) is 0.691. The first-order chi connectivity index (χ1) is 11.8. The fourth-order valence-electron chi connectivity index (χ4n) is 2.38. The number of para-hydroxylation sites is 1. The lowest BCUT2D eigenvalue weighted by molar-refractivity contribution is -0.112. The lowest BCUT2D eigenvalue weighted by Crippen LogP contribution is -2.35. The molecule has 1 aromatic heterocycles. The van der Waals surface area contributed by atoms with Gasteiger partial charge in [0.1, 0.15) is 17.4 Å². The van der Waals surface area contributed by atoms with Gasteiger partial charge in [0.2, 0.25) is 0 Å². The van der Waals surface area contributed by atoms with Crippen molar-refractivity contribution in [1.29, 1.82) is 5.26 Å². The summed E-state index contributed by atoms with van der Waals surface area (Å²) in [5, 5.41) is 11.9. The number of ether oxygens (including phenoxy) is 1. The summed E-state index contributed by atoms with van der Waals surface area (Å²) >= 11 is 0. The predicted octanol–water partition coefficient (Wildman–Crippen LogP) is 2.66. The SMILES string of the molecule is N#C/C(=C/c1ccc(N2CCOCC2)o1)C(=O)Nc1ccccc1. The molecule has 1 fully saturated rings. The summed E-state index contributed by atoms with van der Waals surface area (Å²) in [4.78, 5) is 14.3. The Hall–Kier alpha value is -3.04. The molecular formula is C18H17N3O3. The van der Waals surface area contributed by atoms with Gasteiger partial charge in [-0.2, -0.15) is 5.26 Å². The van der Waals surface area contributed by atoms with E-state index in [4.69, 9.17) is 9.15 Å². The van der Waals surface area contributed by atoms with Crippen molar-refractivity contribution < 1.29 is 13.9 Å². The number of rotatable bonds is 4. The number of hydrogen-bond donors (Lipinski definition) is 1. The zero-order chi connectivity index (χ0) is 16.8. The van der Waals surface area contributed by atoms with E-state index in [0.29, 0.717) is 30.5 Å². The second kappa shape index (κ2) is 7.49. The van der Waals surface area contributed by atoms with Crippen molar-refractivity contribution in [1.82, 2.24) is 0 Å². The number of benzene rings is 1. The van der Waals surface area contributed by atoms with E-state index >= 15 is 0 Å². The van der Waals surface area contributed by atoms with Crippen LogP contribution in [0.15, 0.2) is 52.5 Å². The van der Waals surface area contributed by atoms with Crippen molar-refractivity contribution in [3.8, 4) is 6.07 Å². The van der Waals surface area contributed by atoms with Crippen molar-refractivity contribution in [2.24, 2.45) is 0 Å². The van der Waals surface area contributed by atoms with Crippen molar-refractivity contribution in [2.75, 3.05) is 36.5 Å². The number of hydrogen-bond acceptors (Lipinski definition) is 5. The topological polar surface area (TPSA) is 78.5 Å². The summed E-state index contributed by atoms with van der Waals surface area (Å²) in [6, 6.07) is 14.5. The summed E-state index contributed by atoms with van der Waals surface area (Å²) in [7, 11) is 0. The van der Waals surface area contributed by atoms with Gasteiger partial charge in [-0.25, -0.2) is 0 Å². The number of nitrogens with one attached hydrogen (secondary N) is 1. The monoisotopic (exact) mass is 323 g/mol. The van der Waals surface area contributed by atoms with Crippen LogP contribution in [0.1, 0.15) is 5.76 Å². The average Bonchev–Trinajstić information content (AvgIpc) is 3.10. The van der Waals surface area contributed by atoms with Crippen molar-refractivity contribution in [3.05, 3.63) is 53.8 Å².